The van der Waals surface area contributed by atoms with Crippen LogP contribution in [0.1, 0.15) is 11.1 Å². The predicted molar refractivity (Wildman–Crippen MR) is 105 cm³/mol. The van der Waals surface area contributed by atoms with E-state index in [2.05, 4.69) is 10.6 Å². The Kier molecular flexibility index (Phi) is 6.28. The van der Waals surface area contributed by atoms with Gasteiger partial charge in [-0.05, 0) is 49.2 Å². The predicted octanol–water partition coefficient (Wildman–Crippen LogP) is 3.26. The number of nitrogens with zero attached hydrogens (tertiary/aromatic N) is 1. The van der Waals surface area contributed by atoms with Gasteiger partial charge in [0, 0.05) is 30.5 Å². The van der Waals surface area contributed by atoms with Crippen LogP contribution in [0.5, 0.6) is 0 Å². The number of amides is 1. The molecule has 0 spiro atoms. The highest BCUT2D eigenvalue weighted by molar-refractivity contribution is 7.89. The fourth-order valence-electron chi connectivity index (χ4n) is 2.26. The van der Waals surface area contributed by atoms with Gasteiger partial charge in [0.25, 0.3) is 0 Å². The van der Waals surface area contributed by atoms with Crippen LogP contribution in [0.15, 0.2) is 41.3 Å². The van der Waals surface area contributed by atoms with Gasteiger partial charge in [0.15, 0.2) is 0 Å². The summed E-state index contributed by atoms with van der Waals surface area (Å²) in [5, 5.41) is 6.32. The molecule has 6 nitrogen and oxygen atoms in total. The first-order valence-electron chi connectivity index (χ1n) is 7.94. The molecule has 0 aliphatic rings. The number of hydrogen-bond acceptors (Lipinski definition) is 4. The molecule has 140 valence electrons. The van der Waals surface area contributed by atoms with Crippen molar-refractivity contribution in [2.45, 2.75) is 18.7 Å². The minimum Gasteiger partial charge on any atom is -0.376 e. The Balaban J connectivity index is 2.11. The van der Waals surface area contributed by atoms with E-state index in [1.165, 1.54) is 20.2 Å². The lowest BCUT2D eigenvalue weighted by molar-refractivity contribution is -0.114. The van der Waals surface area contributed by atoms with E-state index in [1.54, 1.807) is 24.3 Å². The summed E-state index contributed by atoms with van der Waals surface area (Å²) in [6.07, 6.45) is 0. The number of anilines is 2. The maximum absolute atomic E-state index is 12.3. The Morgan fingerprint density at radius 1 is 1.04 bits per heavy atom. The highest BCUT2D eigenvalue weighted by Gasteiger charge is 2.18. The summed E-state index contributed by atoms with van der Waals surface area (Å²) in [7, 11) is -0.585. The summed E-state index contributed by atoms with van der Waals surface area (Å²) >= 11 is 5.95. The lowest BCUT2D eigenvalue weighted by Crippen LogP contribution is -2.24. The fourth-order valence-corrected chi connectivity index (χ4v) is 3.36. The van der Waals surface area contributed by atoms with E-state index < -0.39 is 10.0 Å². The van der Waals surface area contributed by atoms with Crippen LogP contribution in [0.25, 0.3) is 0 Å². The zero-order valence-electron chi connectivity index (χ0n) is 15.1. The molecule has 0 aliphatic carbocycles. The van der Waals surface area contributed by atoms with Gasteiger partial charge in [-0.15, -0.1) is 0 Å². The Bertz CT molecular complexity index is 927. The normalized spacial score (nSPS) is 11.5. The van der Waals surface area contributed by atoms with Gasteiger partial charge in [0.05, 0.1) is 11.4 Å². The largest absolute Gasteiger partial charge is 0.376 e. The Morgan fingerprint density at radius 2 is 1.65 bits per heavy atom. The third-order valence-electron chi connectivity index (χ3n) is 3.90. The Labute approximate surface area is 159 Å². The molecule has 0 aliphatic heterocycles. The number of halogens is 1. The molecule has 2 rings (SSSR count). The first kappa shape index (κ1) is 20.2. The van der Waals surface area contributed by atoms with E-state index in [9.17, 15) is 13.2 Å². The topological polar surface area (TPSA) is 78.5 Å². The van der Waals surface area contributed by atoms with Crippen LogP contribution in [0.2, 0.25) is 5.02 Å². The number of benzene rings is 2. The third kappa shape index (κ3) is 4.75. The van der Waals surface area contributed by atoms with Gasteiger partial charge >= 0.3 is 0 Å². The molecule has 0 saturated heterocycles. The van der Waals surface area contributed by atoms with E-state index in [-0.39, 0.29) is 17.3 Å². The van der Waals surface area contributed by atoms with Crippen molar-refractivity contribution < 1.29 is 13.2 Å². The molecule has 2 aromatic carbocycles. The highest BCUT2D eigenvalue weighted by Crippen LogP contribution is 2.22. The van der Waals surface area contributed by atoms with Crippen molar-refractivity contribution in [1.29, 1.82) is 0 Å². The number of rotatable bonds is 6. The summed E-state index contributed by atoms with van der Waals surface area (Å²) < 4.78 is 25.6. The number of aryl methyl sites for hydroxylation is 2. The van der Waals surface area contributed by atoms with Crippen molar-refractivity contribution in [1.82, 2.24) is 4.31 Å². The zero-order chi connectivity index (χ0) is 19.5. The van der Waals surface area contributed by atoms with E-state index in [4.69, 9.17) is 11.6 Å². The molecular weight excluding hydrogens is 374 g/mol. The first-order chi connectivity index (χ1) is 12.1. The standard InChI is InChI=1S/C18H22ClN3O3S/c1-12-6-8-15(26(24,25)22(3)4)10-16(12)20-11-18(23)21-17-9-14(19)7-5-13(17)2/h5-10,20H,11H2,1-4H3,(H,21,23). The molecule has 0 aromatic heterocycles. The molecule has 1 amide bonds. The van der Waals surface area contributed by atoms with Gasteiger partial charge < -0.3 is 10.6 Å². The number of nitrogens with one attached hydrogen (secondary N) is 2. The summed E-state index contributed by atoms with van der Waals surface area (Å²) in [5.74, 6) is -0.254. The number of carbonyl (C=O) groups is 1. The van der Waals surface area contributed by atoms with Crippen LogP contribution in [-0.4, -0.2) is 39.3 Å². The monoisotopic (exact) mass is 395 g/mol. The quantitative estimate of drug-likeness (QED) is 0.786. The minimum absolute atomic E-state index is 0.00173. The third-order valence-corrected chi connectivity index (χ3v) is 5.95. The van der Waals surface area contributed by atoms with Crippen molar-refractivity contribution in [3.05, 3.63) is 52.5 Å². The van der Waals surface area contributed by atoms with E-state index in [0.29, 0.717) is 16.4 Å². The SMILES string of the molecule is Cc1ccc(S(=O)(=O)N(C)C)cc1NCC(=O)Nc1cc(Cl)ccc1C. The summed E-state index contributed by atoms with van der Waals surface area (Å²) in [6, 6.07) is 10.0. The van der Waals surface area contributed by atoms with Gasteiger partial charge in [0.1, 0.15) is 0 Å². The second-order valence-corrected chi connectivity index (χ2v) is 8.71. The second-order valence-electron chi connectivity index (χ2n) is 6.13. The van der Waals surface area contributed by atoms with Crippen LogP contribution in [-0.2, 0) is 14.8 Å². The zero-order valence-corrected chi connectivity index (χ0v) is 16.7. The molecule has 2 N–H and O–H groups in total. The lowest BCUT2D eigenvalue weighted by Gasteiger charge is -2.15. The highest BCUT2D eigenvalue weighted by atomic mass is 35.5. The Morgan fingerprint density at radius 3 is 2.31 bits per heavy atom. The lowest BCUT2D eigenvalue weighted by atomic mass is 10.2. The second kappa shape index (κ2) is 8.07. The van der Waals surface area contributed by atoms with Gasteiger partial charge in [-0.1, -0.05) is 23.7 Å². The van der Waals surface area contributed by atoms with Crippen molar-refractivity contribution in [2.75, 3.05) is 31.3 Å². The maximum Gasteiger partial charge on any atom is 0.243 e. The van der Waals surface area contributed by atoms with Crippen molar-refractivity contribution >= 4 is 38.9 Å². The van der Waals surface area contributed by atoms with Crippen molar-refractivity contribution in [2.24, 2.45) is 0 Å². The maximum atomic E-state index is 12.3. The molecule has 8 heteroatoms. The molecule has 0 bridgehead atoms. The average molecular weight is 396 g/mol. The molecule has 0 atom stereocenters. The molecule has 0 fully saturated rings. The minimum atomic E-state index is -3.54. The molecular formula is C18H22ClN3O3S. The first-order valence-corrected chi connectivity index (χ1v) is 9.76. The van der Waals surface area contributed by atoms with Gasteiger partial charge in [0.2, 0.25) is 15.9 Å². The summed E-state index contributed by atoms with van der Waals surface area (Å²) in [6.45, 7) is 3.71. The Hall–Kier alpha value is -2.09. The summed E-state index contributed by atoms with van der Waals surface area (Å²) in [4.78, 5) is 12.4. The van der Waals surface area contributed by atoms with Crippen molar-refractivity contribution in [3.63, 3.8) is 0 Å². The van der Waals surface area contributed by atoms with E-state index in [1.807, 2.05) is 19.9 Å². The average Bonchev–Trinajstić information content (AvgIpc) is 2.57. The van der Waals surface area contributed by atoms with E-state index in [0.717, 1.165) is 15.4 Å². The molecule has 0 saturated carbocycles. The fraction of sp³-hybridized carbons (Fsp3) is 0.278. The molecule has 0 heterocycles. The van der Waals surface area contributed by atoms with Gasteiger partial charge in [-0.2, -0.15) is 0 Å². The summed E-state index contributed by atoms with van der Waals surface area (Å²) in [5.41, 5.74) is 2.98. The molecule has 26 heavy (non-hydrogen) atoms. The van der Waals surface area contributed by atoms with Crippen LogP contribution in [0.4, 0.5) is 11.4 Å². The van der Waals surface area contributed by atoms with Crippen LogP contribution in [0.3, 0.4) is 0 Å². The van der Waals surface area contributed by atoms with E-state index >= 15 is 0 Å². The molecule has 2 aromatic rings. The van der Waals surface area contributed by atoms with Crippen LogP contribution < -0.4 is 10.6 Å². The van der Waals surface area contributed by atoms with Crippen LogP contribution >= 0.6 is 11.6 Å². The van der Waals surface area contributed by atoms with Crippen molar-refractivity contribution in [3.8, 4) is 0 Å². The molecule has 0 unspecified atom stereocenters. The number of sulfonamides is 1. The van der Waals surface area contributed by atoms with Gasteiger partial charge in [-0.3, -0.25) is 4.79 Å². The number of carbonyl (C=O) groups excluding carboxylic acids is 1. The number of hydrogen-bond donors (Lipinski definition) is 2. The smallest absolute Gasteiger partial charge is 0.243 e. The van der Waals surface area contributed by atoms with Gasteiger partial charge in [-0.25, -0.2) is 12.7 Å². The van der Waals surface area contributed by atoms with Crippen LogP contribution in [0, 0.1) is 13.8 Å². The molecule has 0 radical (unpaired) electrons.